The van der Waals surface area contributed by atoms with E-state index in [1.807, 2.05) is 26.1 Å². The first-order valence-electron chi connectivity index (χ1n) is 3.42. The maximum atomic E-state index is 4.14. The van der Waals surface area contributed by atoms with Gasteiger partial charge in [-0.05, 0) is 25.5 Å². The molecule has 0 aliphatic carbocycles. The Morgan fingerprint density at radius 3 is 3.00 bits per heavy atom. The highest BCUT2D eigenvalue weighted by atomic mass is 15.5. The zero-order valence-electron chi connectivity index (χ0n) is 6.78. The van der Waals surface area contributed by atoms with Crippen LogP contribution in [0, 0.1) is 0 Å². The maximum Gasteiger partial charge on any atom is 0.148 e. The zero-order valence-corrected chi connectivity index (χ0v) is 6.78. The third-order valence-corrected chi connectivity index (χ3v) is 1.37. The third kappa shape index (κ3) is 1.55. The molecule has 58 valence electrons. The van der Waals surface area contributed by atoms with Gasteiger partial charge in [0.25, 0.3) is 0 Å². The predicted octanol–water partition coefficient (Wildman–Crippen LogP) is 1.75. The van der Waals surface area contributed by atoms with Crippen LogP contribution in [-0.4, -0.2) is 17.9 Å². The van der Waals surface area contributed by atoms with E-state index >= 15 is 0 Å². The molecule has 11 heavy (non-hydrogen) atoms. The lowest BCUT2D eigenvalue weighted by Crippen LogP contribution is -2.11. The molecule has 0 bridgehead atoms. The van der Waals surface area contributed by atoms with E-state index in [0.29, 0.717) is 0 Å². The van der Waals surface area contributed by atoms with E-state index in [9.17, 15) is 0 Å². The molecule has 3 heteroatoms. The van der Waals surface area contributed by atoms with Crippen LogP contribution in [-0.2, 0) is 0 Å². The second-order valence-corrected chi connectivity index (χ2v) is 2.26. The highest BCUT2D eigenvalue weighted by Gasteiger charge is 2.05. The molecule has 0 aromatic rings. The van der Waals surface area contributed by atoms with Crippen LogP contribution >= 0.6 is 0 Å². The Kier molecular flexibility index (Phi) is 2.21. The van der Waals surface area contributed by atoms with Gasteiger partial charge >= 0.3 is 0 Å². The summed E-state index contributed by atoms with van der Waals surface area (Å²) in [7, 11) is 0. The Morgan fingerprint density at radius 1 is 1.73 bits per heavy atom. The third-order valence-electron chi connectivity index (χ3n) is 1.37. The molecule has 3 nitrogen and oxygen atoms in total. The molecular weight excluding hydrogens is 138 g/mol. The van der Waals surface area contributed by atoms with Crippen molar-refractivity contribution in [1.82, 2.24) is 5.01 Å². The second-order valence-electron chi connectivity index (χ2n) is 2.26. The highest BCUT2D eigenvalue weighted by molar-refractivity contribution is 5.79. The number of allylic oxidation sites excluding steroid dienone is 2. The first-order valence-corrected chi connectivity index (χ1v) is 3.42. The molecule has 0 aromatic carbocycles. The van der Waals surface area contributed by atoms with Gasteiger partial charge in [-0.1, -0.05) is 0 Å². The molecule has 0 spiro atoms. The van der Waals surface area contributed by atoms with Crippen molar-refractivity contribution in [1.29, 1.82) is 0 Å². The van der Waals surface area contributed by atoms with E-state index < -0.39 is 0 Å². The number of nitrogens with zero attached hydrogens (tertiary/aromatic N) is 3. The summed E-state index contributed by atoms with van der Waals surface area (Å²) in [6.07, 6.45) is 5.57. The molecule has 0 saturated carbocycles. The van der Waals surface area contributed by atoms with Crippen molar-refractivity contribution in [3.05, 3.63) is 23.7 Å². The lowest BCUT2D eigenvalue weighted by atomic mass is 10.3. The molecule has 0 saturated heterocycles. The van der Waals surface area contributed by atoms with Crippen LogP contribution in [0.2, 0.25) is 0 Å². The Bertz CT molecular complexity index is 248. The van der Waals surface area contributed by atoms with Crippen LogP contribution in [0.15, 0.2) is 33.8 Å². The summed E-state index contributed by atoms with van der Waals surface area (Å²) in [5.41, 5.74) is 1.07. The number of rotatable bonds is 1. The fourth-order valence-electron chi connectivity index (χ4n) is 0.840. The molecule has 0 aromatic heterocycles. The van der Waals surface area contributed by atoms with Gasteiger partial charge in [-0.2, -0.15) is 5.10 Å². The summed E-state index contributed by atoms with van der Waals surface area (Å²) in [4.78, 5) is 4.14. The van der Waals surface area contributed by atoms with Crippen molar-refractivity contribution < 1.29 is 0 Å². The minimum absolute atomic E-state index is 0.811. The average molecular weight is 149 g/mol. The fraction of sp³-hybridized carbons (Fsp3) is 0.250. The molecule has 1 aliphatic heterocycles. The number of aliphatic imine (C=N–C) groups is 1. The van der Waals surface area contributed by atoms with Crippen LogP contribution in [0.3, 0.4) is 0 Å². The SMILES string of the molecule is C=NN1C=C(C)C=N/C1=C/C. The topological polar surface area (TPSA) is 28.0 Å². The van der Waals surface area contributed by atoms with Gasteiger partial charge in [0, 0.05) is 19.1 Å². The van der Waals surface area contributed by atoms with Gasteiger partial charge in [-0.25, -0.2) is 10.0 Å². The Morgan fingerprint density at radius 2 is 2.45 bits per heavy atom. The van der Waals surface area contributed by atoms with Gasteiger partial charge in [-0.3, -0.25) is 0 Å². The van der Waals surface area contributed by atoms with Crippen LogP contribution in [0.4, 0.5) is 0 Å². The summed E-state index contributed by atoms with van der Waals surface area (Å²) >= 11 is 0. The van der Waals surface area contributed by atoms with Gasteiger partial charge < -0.3 is 0 Å². The van der Waals surface area contributed by atoms with Crippen molar-refractivity contribution in [2.75, 3.05) is 0 Å². The molecule has 0 atom stereocenters. The van der Waals surface area contributed by atoms with E-state index in [1.165, 1.54) is 0 Å². The van der Waals surface area contributed by atoms with Crippen molar-refractivity contribution in [3.63, 3.8) is 0 Å². The van der Waals surface area contributed by atoms with E-state index in [-0.39, 0.29) is 0 Å². The predicted molar refractivity (Wildman–Crippen MR) is 47.4 cm³/mol. The summed E-state index contributed by atoms with van der Waals surface area (Å²) in [5.74, 6) is 0.811. The molecule has 0 unspecified atom stereocenters. The normalized spacial score (nSPS) is 20.4. The molecular formula is C8H11N3. The summed E-state index contributed by atoms with van der Waals surface area (Å²) in [6, 6.07) is 0. The fourth-order valence-corrected chi connectivity index (χ4v) is 0.840. The van der Waals surface area contributed by atoms with E-state index in [4.69, 9.17) is 0 Å². The first kappa shape index (κ1) is 7.72. The number of hydrogen-bond acceptors (Lipinski definition) is 3. The van der Waals surface area contributed by atoms with Crippen LogP contribution in [0.1, 0.15) is 13.8 Å². The van der Waals surface area contributed by atoms with Crippen LogP contribution in [0.5, 0.6) is 0 Å². The standard InChI is InChI=1S/C8H11N3/c1-4-8-10-5-7(2)6-11(8)9-3/h4-6H,3H2,1-2H3/b8-4-. The summed E-state index contributed by atoms with van der Waals surface area (Å²) in [6.45, 7) is 7.32. The average Bonchev–Trinajstić information content (AvgIpc) is 2.04. The number of hydrazone groups is 1. The largest absolute Gasteiger partial charge is 0.237 e. The molecule has 0 fully saturated rings. The lowest BCUT2D eigenvalue weighted by Gasteiger charge is -2.17. The van der Waals surface area contributed by atoms with Gasteiger partial charge in [-0.15, -0.1) is 0 Å². The molecule has 1 aliphatic rings. The quantitative estimate of drug-likeness (QED) is 0.522. The van der Waals surface area contributed by atoms with Crippen molar-refractivity contribution in [2.24, 2.45) is 10.1 Å². The smallest absolute Gasteiger partial charge is 0.148 e. The minimum Gasteiger partial charge on any atom is -0.237 e. The van der Waals surface area contributed by atoms with E-state index in [1.54, 1.807) is 11.2 Å². The van der Waals surface area contributed by atoms with Crippen molar-refractivity contribution in [3.8, 4) is 0 Å². The van der Waals surface area contributed by atoms with Gasteiger partial charge in [0.2, 0.25) is 0 Å². The van der Waals surface area contributed by atoms with Gasteiger partial charge in [0.1, 0.15) is 5.82 Å². The zero-order chi connectivity index (χ0) is 8.27. The first-order chi connectivity index (χ1) is 5.27. The Hall–Kier alpha value is -1.38. The van der Waals surface area contributed by atoms with Gasteiger partial charge in [0.05, 0.1) is 0 Å². The lowest BCUT2D eigenvalue weighted by molar-refractivity contribution is 0.489. The Balaban J connectivity index is 2.92. The minimum atomic E-state index is 0.811. The maximum absolute atomic E-state index is 4.14. The second kappa shape index (κ2) is 3.14. The summed E-state index contributed by atoms with van der Waals surface area (Å²) in [5, 5.41) is 5.42. The van der Waals surface area contributed by atoms with E-state index in [0.717, 1.165) is 11.4 Å². The Labute approximate surface area is 66.4 Å². The van der Waals surface area contributed by atoms with Crippen molar-refractivity contribution in [2.45, 2.75) is 13.8 Å². The van der Waals surface area contributed by atoms with Crippen LogP contribution < -0.4 is 0 Å². The van der Waals surface area contributed by atoms with Crippen molar-refractivity contribution >= 4 is 12.9 Å². The monoisotopic (exact) mass is 149 g/mol. The molecule has 0 amide bonds. The molecule has 1 heterocycles. The molecule has 0 N–H and O–H groups in total. The van der Waals surface area contributed by atoms with Gasteiger partial charge in [0.15, 0.2) is 0 Å². The summed E-state index contributed by atoms with van der Waals surface area (Å²) < 4.78 is 0. The number of hydrogen-bond donors (Lipinski definition) is 0. The molecule has 0 radical (unpaired) electrons. The van der Waals surface area contributed by atoms with Crippen LogP contribution in [0.25, 0.3) is 0 Å². The molecule has 1 rings (SSSR count). The highest BCUT2D eigenvalue weighted by Crippen LogP contribution is 2.12. The van der Waals surface area contributed by atoms with E-state index in [2.05, 4.69) is 16.8 Å².